The Hall–Kier alpha value is -3.23. The fourth-order valence-corrected chi connectivity index (χ4v) is 5.97. The average Bonchev–Trinajstić information content (AvgIpc) is 3.53. The summed E-state index contributed by atoms with van der Waals surface area (Å²) in [4.78, 5) is 46.4. The van der Waals surface area contributed by atoms with Gasteiger partial charge in [0.05, 0.1) is 36.1 Å². The molecule has 0 saturated carbocycles. The van der Waals surface area contributed by atoms with Crippen molar-refractivity contribution < 1.29 is 23.9 Å². The zero-order chi connectivity index (χ0) is 27.0. The first-order valence-corrected chi connectivity index (χ1v) is 13.4. The van der Waals surface area contributed by atoms with Crippen molar-refractivity contribution in [1.29, 1.82) is 0 Å². The Morgan fingerprint density at radius 2 is 1.79 bits per heavy atom. The number of piperidine rings is 1. The Labute approximate surface area is 230 Å². The fourth-order valence-electron chi connectivity index (χ4n) is 5.67. The van der Waals surface area contributed by atoms with Gasteiger partial charge in [0.1, 0.15) is 5.75 Å². The molecule has 2 aliphatic heterocycles. The number of nitrogens with zero attached hydrogens (tertiary/aromatic N) is 2. The van der Waals surface area contributed by atoms with Gasteiger partial charge in [-0.15, -0.1) is 0 Å². The van der Waals surface area contributed by atoms with Crippen LogP contribution in [-0.4, -0.2) is 72.5 Å². The van der Waals surface area contributed by atoms with Gasteiger partial charge in [-0.25, -0.2) is 0 Å². The third kappa shape index (κ3) is 5.07. The number of carbonyl (C=O) groups is 3. The lowest BCUT2D eigenvalue weighted by Gasteiger charge is -2.39. The molecule has 200 valence electrons. The predicted molar refractivity (Wildman–Crippen MR) is 145 cm³/mol. The Morgan fingerprint density at radius 3 is 2.53 bits per heavy atom. The van der Waals surface area contributed by atoms with Crippen molar-refractivity contribution in [3.05, 3.63) is 63.8 Å². The number of likely N-dealkylation sites (tertiary alicyclic amines) is 2. The molecule has 8 nitrogen and oxygen atoms in total. The van der Waals surface area contributed by atoms with Crippen molar-refractivity contribution in [1.82, 2.24) is 14.8 Å². The maximum atomic E-state index is 13.5. The van der Waals surface area contributed by atoms with Gasteiger partial charge < -0.3 is 24.3 Å². The summed E-state index contributed by atoms with van der Waals surface area (Å²) >= 11 is 12.2. The summed E-state index contributed by atoms with van der Waals surface area (Å²) in [5.41, 5.74) is 2.21. The second-order valence-electron chi connectivity index (χ2n) is 9.82. The first kappa shape index (κ1) is 26.4. The number of nitrogens with one attached hydrogen (secondary N) is 1. The minimum absolute atomic E-state index is 0.0407. The van der Waals surface area contributed by atoms with Gasteiger partial charge in [-0.1, -0.05) is 23.2 Å². The highest BCUT2D eigenvalue weighted by atomic mass is 35.5. The van der Waals surface area contributed by atoms with Gasteiger partial charge in [0.15, 0.2) is 0 Å². The summed E-state index contributed by atoms with van der Waals surface area (Å²) in [5.74, 6) is -0.472. The average molecular weight is 558 g/mol. The molecule has 10 heteroatoms. The second kappa shape index (κ2) is 10.9. The molecule has 2 fully saturated rings. The van der Waals surface area contributed by atoms with E-state index in [0.717, 1.165) is 22.2 Å². The quantitative estimate of drug-likeness (QED) is 0.452. The lowest BCUT2D eigenvalue weighted by atomic mass is 9.79. The minimum atomic E-state index is -0.503. The number of esters is 1. The van der Waals surface area contributed by atoms with Crippen molar-refractivity contribution in [2.45, 2.75) is 13.3 Å². The number of rotatable bonds is 6. The number of aromatic amines is 1. The molecule has 1 N–H and O–H groups in total. The molecule has 2 aromatic carbocycles. The highest BCUT2D eigenvalue weighted by molar-refractivity contribution is 6.42. The van der Waals surface area contributed by atoms with E-state index in [9.17, 15) is 14.4 Å². The van der Waals surface area contributed by atoms with E-state index in [1.54, 1.807) is 42.0 Å². The van der Waals surface area contributed by atoms with Gasteiger partial charge in [0.25, 0.3) is 5.91 Å². The van der Waals surface area contributed by atoms with E-state index in [-0.39, 0.29) is 49.2 Å². The zero-order valence-electron chi connectivity index (χ0n) is 21.2. The van der Waals surface area contributed by atoms with E-state index in [1.807, 2.05) is 24.4 Å². The van der Waals surface area contributed by atoms with Crippen molar-refractivity contribution in [2.75, 3.05) is 39.9 Å². The van der Waals surface area contributed by atoms with Gasteiger partial charge in [0.2, 0.25) is 5.91 Å². The van der Waals surface area contributed by atoms with Gasteiger partial charge in [0, 0.05) is 54.9 Å². The topological polar surface area (TPSA) is 91.9 Å². The highest BCUT2D eigenvalue weighted by Crippen LogP contribution is 2.37. The van der Waals surface area contributed by atoms with E-state index in [1.165, 1.54) is 0 Å². The maximum absolute atomic E-state index is 13.5. The minimum Gasteiger partial charge on any atom is -0.497 e. The number of fused-ring (bicyclic) bond motifs is 2. The van der Waals surface area contributed by atoms with E-state index < -0.39 is 5.92 Å². The van der Waals surface area contributed by atoms with Crippen molar-refractivity contribution in [3.8, 4) is 5.75 Å². The van der Waals surface area contributed by atoms with Crippen molar-refractivity contribution >= 4 is 51.9 Å². The molecule has 5 rings (SSSR count). The highest BCUT2D eigenvalue weighted by Gasteiger charge is 2.48. The second-order valence-corrected chi connectivity index (χ2v) is 10.6. The van der Waals surface area contributed by atoms with Crippen LogP contribution in [0.1, 0.15) is 22.8 Å². The Morgan fingerprint density at radius 1 is 1.00 bits per heavy atom. The molecule has 3 unspecified atom stereocenters. The number of hydrogen-bond acceptors (Lipinski definition) is 5. The summed E-state index contributed by atoms with van der Waals surface area (Å²) < 4.78 is 10.7. The van der Waals surface area contributed by atoms with Crippen molar-refractivity contribution in [3.63, 3.8) is 0 Å². The molecule has 0 radical (unpaired) electrons. The van der Waals surface area contributed by atoms with Crippen LogP contribution in [0.2, 0.25) is 10.0 Å². The molecule has 38 heavy (non-hydrogen) atoms. The van der Waals surface area contributed by atoms with Crippen LogP contribution in [0.15, 0.2) is 42.6 Å². The first-order valence-electron chi connectivity index (χ1n) is 12.6. The number of ether oxygens (including phenoxy) is 2. The molecule has 1 aromatic heterocycles. The number of halogens is 2. The maximum Gasteiger partial charge on any atom is 0.311 e. The summed E-state index contributed by atoms with van der Waals surface area (Å²) in [6, 6.07) is 10.5. The predicted octanol–water partition coefficient (Wildman–Crippen LogP) is 4.44. The van der Waals surface area contributed by atoms with Crippen LogP contribution in [0, 0.1) is 17.8 Å². The van der Waals surface area contributed by atoms with Crippen LogP contribution < -0.4 is 4.74 Å². The number of amides is 2. The summed E-state index contributed by atoms with van der Waals surface area (Å²) in [7, 11) is 1.61. The van der Waals surface area contributed by atoms with Crippen molar-refractivity contribution in [2.24, 2.45) is 17.8 Å². The smallest absolute Gasteiger partial charge is 0.311 e. The molecule has 2 aliphatic rings. The number of benzene rings is 2. The number of carbonyl (C=O) groups excluding carboxylic acids is 3. The third-order valence-electron chi connectivity index (χ3n) is 7.59. The molecule has 0 spiro atoms. The standard InChI is InChI=1S/C28H29Cl2N3O5/c1-3-38-28(36)22-15-32(26(34)9-17-11-31-25-10-19(37-2)5-6-20(17)25)12-18-13-33(14-21(18)22)27(35)16-4-7-23(29)24(30)8-16/h4-8,10-11,18,21-22,31H,3,9,12-15H2,1-2H3. The Kier molecular flexibility index (Phi) is 7.54. The van der Waals surface area contributed by atoms with Crippen LogP contribution in [0.25, 0.3) is 10.9 Å². The monoisotopic (exact) mass is 557 g/mol. The van der Waals surface area contributed by atoms with Gasteiger partial charge >= 0.3 is 5.97 Å². The SMILES string of the molecule is CCOC(=O)C1CN(C(=O)Cc2c[nH]c3cc(OC)ccc23)CC2CN(C(=O)c3ccc(Cl)c(Cl)c3)CC21. The molecular formula is C28H29Cl2N3O5. The Bertz CT molecular complexity index is 1390. The number of hydrogen-bond donors (Lipinski definition) is 1. The number of aromatic nitrogens is 1. The molecule has 2 amide bonds. The van der Waals surface area contributed by atoms with Gasteiger partial charge in [-0.3, -0.25) is 14.4 Å². The van der Waals surface area contributed by atoms with Gasteiger partial charge in [-0.2, -0.15) is 0 Å². The van der Waals surface area contributed by atoms with E-state index in [0.29, 0.717) is 35.2 Å². The van der Waals surface area contributed by atoms with E-state index in [4.69, 9.17) is 32.7 Å². The first-order chi connectivity index (χ1) is 18.3. The molecule has 0 aliphatic carbocycles. The number of methoxy groups -OCH3 is 1. The largest absolute Gasteiger partial charge is 0.497 e. The summed E-state index contributed by atoms with van der Waals surface area (Å²) in [6.07, 6.45) is 2.04. The van der Waals surface area contributed by atoms with Crippen LogP contribution in [0.3, 0.4) is 0 Å². The van der Waals surface area contributed by atoms with E-state index >= 15 is 0 Å². The lowest BCUT2D eigenvalue weighted by molar-refractivity contribution is -0.154. The third-order valence-corrected chi connectivity index (χ3v) is 8.33. The number of H-pyrrole nitrogens is 1. The summed E-state index contributed by atoms with van der Waals surface area (Å²) in [6.45, 7) is 3.62. The van der Waals surface area contributed by atoms with Crippen LogP contribution in [0.4, 0.5) is 0 Å². The van der Waals surface area contributed by atoms with Crippen LogP contribution >= 0.6 is 23.2 Å². The zero-order valence-corrected chi connectivity index (χ0v) is 22.7. The fraction of sp³-hybridized carbons (Fsp3) is 0.393. The Balaban J connectivity index is 1.34. The lowest BCUT2D eigenvalue weighted by Crippen LogP contribution is -2.51. The molecule has 3 aromatic rings. The normalized spacial score (nSPS) is 20.9. The molecule has 3 heterocycles. The molecule has 3 atom stereocenters. The summed E-state index contributed by atoms with van der Waals surface area (Å²) in [5, 5.41) is 1.64. The van der Waals surface area contributed by atoms with Crippen LogP contribution in [-0.2, 0) is 20.7 Å². The molecule has 2 saturated heterocycles. The molecular weight excluding hydrogens is 529 g/mol. The molecule has 0 bridgehead atoms. The van der Waals surface area contributed by atoms with E-state index in [2.05, 4.69) is 4.98 Å². The van der Waals surface area contributed by atoms with Gasteiger partial charge in [-0.05, 0) is 54.7 Å². The van der Waals surface area contributed by atoms with Crippen LogP contribution in [0.5, 0.6) is 5.75 Å².